The lowest BCUT2D eigenvalue weighted by molar-refractivity contribution is -0.117. The van der Waals surface area contributed by atoms with Crippen LogP contribution in [0.15, 0.2) is 66.7 Å². The van der Waals surface area contributed by atoms with Crippen molar-refractivity contribution in [1.29, 1.82) is 0 Å². The average Bonchev–Trinajstić information content (AvgIpc) is 2.83. The van der Waals surface area contributed by atoms with Gasteiger partial charge in [0.2, 0.25) is 5.91 Å². The Labute approximate surface area is 188 Å². The molecule has 1 N–H and O–H groups in total. The Balaban J connectivity index is 1.64. The molecule has 1 heterocycles. The van der Waals surface area contributed by atoms with Crippen molar-refractivity contribution in [3.8, 4) is 17.2 Å². The molecule has 1 unspecified atom stereocenters. The minimum Gasteiger partial charge on any atom is -0.497 e. The Morgan fingerprint density at radius 3 is 2.41 bits per heavy atom. The van der Waals surface area contributed by atoms with Crippen molar-refractivity contribution < 1.29 is 19.0 Å². The van der Waals surface area contributed by atoms with Crippen LogP contribution in [0.5, 0.6) is 17.2 Å². The molecule has 1 atom stereocenters. The number of rotatable bonds is 7. The van der Waals surface area contributed by atoms with E-state index in [1.54, 1.807) is 21.3 Å². The third kappa shape index (κ3) is 4.55. The highest BCUT2D eigenvalue weighted by Gasteiger charge is 2.31. The SMILES string of the molecule is COc1cccc(NC(=O)CN2CCc3cc(OC)c(OC)cc3C2c2ccccc2)c1. The number of carbonyl (C=O) groups is 1. The second-order valence-corrected chi connectivity index (χ2v) is 7.72. The summed E-state index contributed by atoms with van der Waals surface area (Å²) in [6, 6.07) is 21.7. The van der Waals surface area contributed by atoms with Gasteiger partial charge in [-0.25, -0.2) is 0 Å². The van der Waals surface area contributed by atoms with Crippen LogP contribution in [-0.4, -0.2) is 45.2 Å². The maximum Gasteiger partial charge on any atom is 0.238 e. The molecule has 0 radical (unpaired) electrons. The monoisotopic (exact) mass is 432 g/mol. The molecule has 3 aromatic carbocycles. The molecular weight excluding hydrogens is 404 g/mol. The molecule has 6 nitrogen and oxygen atoms in total. The first kappa shape index (κ1) is 21.7. The number of benzene rings is 3. The zero-order chi connectivity index (χ0) is 22.5. The second kappa shape index (κ2) is 9.75. The van der Waals surface area contributed by atoms with E-state index in [0.717, 1.165) is 35.5 Å². The summed E-state index contributed by atoms with van der Waals surface area (Å²) >= 11 is 0. The fraction of sp³-hybridized carbons (Fsp3) is 0.269. The first-order valence-electron chi connectivity index (χ1n) is 10.6. The fourth-order valence-electron chi connectivity index (χ4n) is 4.28. The Morgan fingerprint density at radius 2 is 1.69 bits per heavy atom. The van der Waals surface area contributed by atoms with Crippen LogP contribution in [0, 0.1) is 0 Å². The number of anilines is 1. The topological polar surface area (TPSA) is 60.0 Å². The zero-order valence-electron chi connectivity index (χ0n) is 18.6. The van der Waals surface area contributed by atoms with Gasteiger partial charge in [0.05, 0.1) is 33.9 Å². The van der Waals surface area contributed by atoms with Gasteiger partial charge in [-0.05, 0) is 47.4 Å². The number of nitrogens with zero attached hydrogens (tertiary/aromatic N) is 1. The summed E-state index contributed by atoms with van der Waals surface area (Å²) in [7, 11) is 4.90. The molecule has 166 valence electrons. The van der Waals surface area contributed by atoms with Crippen LogP contribution >= 0.6 is 0 Å². The van der Waals surface area contributed by atoms with Crippen LogP contribution in [0.1, 0.15) is 22.7 Å². The molecule has 4 rings (SSSR count). The number of amides is 1. The Hall–Kier alpha value is -3.51. The average molecular weight is 433 g/mol. The molecule has 1 aliphatic rings. The molecule has 6 heteroatoms. The number of carbonyl (C=O) groups excluding carboxylic acids is 1. The summed E-state index contributed by atoms with van der Waals surface area (Å²) < 4.78 is 16.3. The molecule has 3 aromatic rings. The van der Waals surface area contributed by atoms with Crippen molar-refractivity contribution in [2.75, 3.05) is 39.7 Å². The van der Waals surface area contributed by atoms with Gasteiger partial charge >= 0.3 is 0 Å². The second-order valence-electron chi connectivity index (χ2n) is 7.72. The quantitative estimate of drug-likeness (QED) is 0.603. The van der Waals surface area contributed by atoms with E-state index in [2.05, 4.69) is 28.4 Å². The Bertz CT molecular complexity index is 1080. The lowest BCUT2D eigenvalue weighted by Gasteiger charge is -2.37. The Morgan fingerprint density at radius 1 is 0.938 bits per heavy atom. The lowest BCUT2D eigenvalue weighted by Crippen LogP contribution is -2.41. The van der Waals surface area contributed by atoms with E-state index in [1.165, 1.54) is 5.56 Å². The molecule has 0 spiro atoms. The highest BCUT2D eigenvalue weighted by Crippen LogP contribution is 2.40. The molecule has 1 aliphatic heterocycles. The normalized spacial score (nSPS) is 15.5. The fourth-order valence-corrected chi connectivity index (χ4v) is 4.28. The van der Waals surface area contributed by atoms with E-state index in [1.807, 2.05) is 48.5 Å². The predicted octanol–water partition coefficient (Wildman–Crippen LogP) is 4.30. The molecule has 0 aromatic heterocycles. The zero-order valence-corrected chi connectivity index (χ0v) is 18.6. The van der Waals surface area contributed by atoms with Crippen LogP contribution in [0.2, 0.25) is 0 Å². The van der Waals surface area contributed by atoms with Gasteiger partial charge in [-0.15, -0.1) is 0 Å². The minimum atomic E-state index is -0.0666. The lowest BCUT2D eigenvalue weighted by atomic mass is 9.87. The van der Waals surface area contributed by atoms with Crippen molar-refractivity contribution >= 4 is 11.6 Å². The maximum absolute atomic E-state index is 13.0. The van der Waals surface area contributed by atoms with Gasteiger partial charge in [0.25, 0.3) is 0 Å². The summed E-state index contributed by atoms with van der Waals surface area (Å²) in [6.07, 6.45) is 0.825. The molecule has 0 fully saturated rings. The van der Waals surface area contributed by atoms with Crippen LogP contribution in [0.4, 0.5) is 5.69 Å². The van der Waals surface area contributed by atoms with E-state index in [-0.39, 0.29) is 18.5 Å². The Kier molecular flexibility index (Phi) is 6.61. The highest BCUT2D eigenvalue weighted by molar-refractivity contribution is 5.92. The van der Waals surface area contributed by atoms with E-state index < -0.39 is 0 Å². The van der Waals surface area contributed by atoms with Gasteiger partial charge < -0.3 is 19.5 Å². The van der Waals surface area contributed by atoms with E-state index in [9.17, 15) is 4.79 Å². The van der Waals surface area contributed by atoms with Crippen molar-refractivity contribution in [1.82, 2.24) is 4.90 Å². The number of hydrogen-bond donors (Lipinski definition) is 1. The van der Waals surface area contributed by atoms with Crippen LogP contribution in [0.3, 0.4) is 0 Å². The van der Waals surface area contributed by atoms with E-state index in [4.69, 9.17) is 14.2 Å². The minimum absolute atomic E-state index is 0.0594. The third-order valence-corrected chi connectivity index (χ3v) is 5.79. The largest absolute Gasteiger partial charge is 0.497 e. The third-order valence-electron chi connectivity index (χ3n) is 5.79. The summed E-state index contributed by atoms with van der Waals surface area (Å²) in [6.45, 7) is 1.03. The summed E-state index contributed by atoms with van der Waals surface area (Å²) in [5, 5.41) is 3.00. The van der Waals surface area contributed by atoms with Crippen molar-refractivity contribution in [2.45, 2.75) is 12.5 Å². The molecule has 0 bridgehead atoms. The van der Waals surface area contributed by atoms with Crippen LogP contribution in [-0.2, 0) is 11.2 Å². The predicted molar refractivity (Wildman–Crippen MR) is 125 cm³/mol. The molecular formula is C26H28N2O4. The standard InChI is InChI=1S/C26H28N2O4/c1-30-21-11-7-10-20(15-21)27-25(29)17-28-13-12-19-14-23(31-2)24(32-3)16-22(19)26(28)18-8-5-4-6-9-18/h4-11,14-16,26H,12-13,17H2,1-3H3,(H,27,29). The number of fused-ring (bicyclic) bond motifs is 1. The van der Waals surface area contributed by atoms with E-state index in [0.29, 0.717) is 11.5 Å². The number of methoxy groups -OCH3 is 3. The summed E-state index contributed by atoms with van der Waals surface area (Å²) in [5.41, 5.74) is 4.19. The van der Waals surface area contributed by atoms with Gasteiger partial charge in [-0.3, -0.25) is 9.69 Å². The first-order valence-corrected chi connectivity index (χ1v) is 10.6. The van der Waals surface area contributed by atoms with Crippen LogP contribution < -0.4 is 19.5 Å². The molecule has 0 saturated heterocycles. The number of nitrogens with one attached hydrogen (secondary N) is 1. The molecule has 1 amide bonds. The van der Waals surface area contributed by atoms with Gasteiger partial charge in [-0.1, -0.05) is 36.4 Å². The van der Waals surface area contributed by atoms with Crippen LogP contribution in [0.25, 0.3) is 0 Å². The first-order chi connectivity index (χ1) is 15.6. The molecule has 0 aliphatic carbocycles. The van der Waals surface area contributed by atoms with E-state index >= 15 is 0 Å². The van der Waals surface area contributed by atoms with Crippen molar-refractivity contribution in [2.24, 2.45) is 0 Å². The number of ether oxygens (including phenoxy) is 3. The van der Waals surface area contributed by atoms with Crippen molar-refractivity contribution in [3.63, 3.8) is 0 Å². The highest BCUT2D eigenvalue weighted by atomic mass is 16.5. The number of hydrogen-bond acceptors (Lipinski definition) is 5. The maximum atomic E-state index is 13.0. The smallest absolute Gasteiger partial charge is 0.238 e. The summed E-state index contributed by atoms with van der Waals surface area (Å²) in [4.78, 5) is 15.2. The van der Waals surface area contributed by atoms with Gasteiger partial charge in [0.1, 0.15) is 5.75 Å². The van der Waals surface area contributed by atoms with Gasteiger partial charge in [0.15, 0.2) is 11.5 Å². The molecule has 0 saturated carbocycles. The van der Waals surface area contributed by atoms with Gasteiger partial charge in [0, 0.05) is 18.3 Å². The van der Waals surface area contributed by atoms with Gasteiger partial charge in [-0.2, -0.15) is 0 Å². The molecule has 32 heavy (non-hydrogen) atoms. The van der Waals surface area contributed by atoms with Crippen molar-refractivity contribution in [3.05, 3.63) is 83.4 Å². The summed E-state index contributed by atoms with van der Waals surface area (Å²) in [5.74, 6) is 2.05.